The van der Waals surface area contributed by atoms with Gasteiger partial charge in [-0.3, -0.25) is 0 Å². The molecule has 0 saturated carbocycles. The Morgan fingerprint density at radius 3 is 1.10 bits per heavy atom. The van der Waals surface area contributed by atoms with Crippen LogP contribution in [0.5, 0.6) is 0 Å². The molecule has 0 aliphatic carbocycles. The number of hydrogen-bond acceptors (Lipinski definition) is 4. The quantitative estimate of drug-likeness (QED) is 0.135. The smallest absolute Gasteiger partial charge is 0.248 e. The predicted molar refractivity (Wildman–Crippen MR) is 134 cm³/mol. The van der Waals surface area contributed by atoms with Gasteiger partial charge in [0.25, 0.3) is 0 Å². The first-order valence-corrected chi connectivity index (χ1v) is 14.9. The van der Waals surface area contributed by atoms with Gasteiger partial charge in [0.1, 0.15) is 0 Å². The van der Waals surface area contributed by atoms with Crippen molar-refractivity contribution in [1.29, 1.82) is 0 Å². The van der Waals surface area contributed by atoms with Gasteiger partial charge in [0.15, 0.2) is 0 Å². The van der Waals surface area contributed by atoms with Gasteiger partial charge in [0.05, 0.1) is 13.2 Å². The van der Waals surface area contributed by atoms with Crippen LogP contribution in [0.2, 0.25) is 0 Å². The van der Waals surface area contributed by atoms with Crippen LogP contribution in [0.15, 0.2) is 0 Å². The summed E-state index contributed by atoms with van der Waals surface area (Å²) in [6, 6.07) is 0. The number of rotatable bonds is 24. The third-order valence-electron chi connectivity index (χ3n) is 6.26. The van der Waals surface area contributed by atoms with Crippen LogP contribution in [-0.2, 0) is 18.8 Å². The average Bonchev–Trinajstić information content (AvgIpc) is 2.75. The molecule has 0 saturated heterocycles. The summed E-state index contributed by atoms with van der Waals surface area (Å²) in [6.45, 7) is 9.37. The zero-order chi connectivity index (χ0) is 23.2. The van der Waals surface area contributed by atoms with E-state index in [1.165, 1.54) is 64.2 Å². The Bertz CT molecular complexity index is 428. The van der Waals surface area contributed by atoms with Crippen LogP contribution in [0.25, 0.3) is 0 Å². The van der Waals surface area contributed by atoms with Crippen molar-refractivity contribution < 1.29 is 16.8 Å². The fraction of sp³-hybridized carbons (Fsp3) is 1.00. The Hall–Kier alpha value is -0.130. The van der Waals surface area contributed by atoms with Gasteiger partial charge in [-0.25, -0.2) is 8.37 Å². The number of unbranched alkanes of at least 4 members (excludes halogenated alkanes) is 10. The molecule has 0 bridgehead atoms. The van der Waals surface area contributed by atoms with E-state index in [0.29, 0.717) is 11.8 Å². The second kappa shape index (κ2) is 21.7. The van der Waals surface area contributed by atoms with Crippen molar-refractivity contribution in [1.82, 2.24) is 0 Å². The summed E-state index contributed by atoms with van der Waals surface area (Å²) < 4.78 is 35.5. The molecule has 0 aromatic rings. The van der Waals surface area contributed by atoms with Gasteiger partial charge in [-0.2, -0.15) is 8.42 Å². The maximum absolute atomic E-state index is 12.4. The molecule has 5 heteroatoms. The largest absolute Gasteiger partial charge is 0.399 e. The van der Waals surface area contributed by atoms with Crippen molar-refractivity contribution in [3.63, 3.8) is 0 Å². The summed E-state index contributed by atoms with van der Waals surface area (Å²) in [7, 11) is -3.90. The SMILES string of the molecule is CCCCCCC(CCCCC)COS(=O)(=O)OCC(CCCCC)CCCCCC. The van der Waals surface area contributed by atoms with Crippen molar-refractivity contribution >= 4 is 10.4 Å². The molecule has 188 valence electrons. The lowest BCUT2D eigenvalue weighted by molar-refractivity contribution is 0.155. The Labute approximate surface area is 195 Å². The van der Waals surface area contributed by atoms with E-state index < -0.39 is 10.4 Å². The summed E-state index contributed by atoms with van der Waals surface area (Å²) in [4.78, 5) is 0. The van der Waals surface area contributed by atoms with Crippen LogP contribution in [0.1, 0.15) is 143 Å². The molecule has 0 aliphatic heterocycles. The topological polar surface area (TPSA) is 52.6 Å². The fourth-order valence-corrected chi connectivity index (χ4v) is 4.89. The van der Waals surface area contributed by atoms with Crippen LogP contribution >= 0.6 is 0 Å². The minimum atomic E-state index is -3.90. The van der Waals surface area contributed by atoms with Crippen molar-refractivity contribution in [3.8, 4) is 0 Å². The lowest BCUT2D eigenvalue weighted by atomic mass is 9.95. The average molecular weight is 463 g/mol. The normalized spacial score (nSPS) is 14.1. The van der Waals surface area contributed by atoms with E-state index in [9.17, 15) is 8.42 Å². The van der Waals surface area contributed by atoms with Gasteiger partial charge in [0.2, 0.25) is 0 Å². The molecule has 0 fully saturated rings. The third kappa shape index (κ3) is 20.2. The summed E-state index contributed by atoms with van der Waals surface area (Å²) in [5, 5.41) is 0. The van der Waals surface area contributed by atoms with Crippen LogP contribution in [0, 0.1) is 11.8 Å². The predicted octanol–water partition coefficient (Wildman–Crippen LogP) is 8.60. The Kier molecular flexibility index (Phi) is 21.6. The van der Waals surface area contributed by atoms with E-state index in [1.54, 1.807) is 0 Å². The summed E-state index contributed by atoms with van der Waals surface area (Å²) in [6.07, 6.45) is 21.0. The van der Waals surface area contributed by atoms with E-state index >= 15 is 0 Å². The van der Waals surface area contributed by atoms with Gasteiger partial charge in [-0.15, -0.1) is 0 Å². The molecule has 4 nitrogen and oxygen atoms in total. The summed E-state index contributed by atoms with van der Waals surface area (Å²) in [5.74, 6) is 0.632. The molecule has 31 heavy (non-hydrogen) atoms. The maximum Gasteiger partial charge on any atom is 0.399 e. The second-order valence-corrected chi connectivity index (χ2v) is 10.7. The third-order valence-corrected chi connectivity index (χ3v) is 7.11. The Morgan fingerprint density at radius 1 is 0.484 bits per heavy atom. The van der Waals surface area contributed by atoms with Gasteiger partial charge >= 0.3 is 10.4 Å². The van der Waals surface area contributed by atoms with E-state index in [2.05, 4.69) is 27.7 Å². The molecular weight excluding hydrogens is 408 g/mol. The Morgan fingerprint density at radius 2 is 0.774 bits per heavy atom. The van der Waals surface area contributed by atoms with Crippen molar-refractivity contribution in [2.45, 2.75) is 143 Å². The van der Waals surface area contributed by atoms with E-state index in [1.807, 2.05) is 0 Å². The lowest BCUT2D eigenvalue weighted by Gasteiger charge is -2.19. The van der Waals surface area contributed by atoms with Gasteiger partial charge in [-0.05, 0) is 37.5 Å². The zero-order valence-corrected chi connectivity index (χ0v) is 22.2. The van der Waals surface area contributed by atoms with Crippen LogP contribution in [0.4, 0.5) is 0 Å². The molecule has 0 N–H and O–H groups in total. The Balaban J connectivity index is 4.50. The molecule has 2 unspecified atom stereocenters. The van der Waals surface area contributed by atoms with Crippen LogP contribution in [-0.4, -0.2) is 21.6 Å². The molecule has 0 aromatic heterocycles. The van der Waals surface area contributed by atoms with Crippen molar-refractivity contribution in [2.24, 2.45) is 11.8 Å². The van der Waals surface area contributed by atoms with E-state index in [-0.39, 0.29) is 13.2 Å². The highest BCUT2D eigenvalue weighted by atomic mass is 32.3. The first-order valence-electron chi connectivity index (χ1n) is 13.5. The lowest BCUT2D eigenvalue weighted by Crippen LogP contribution is -2.20. The highest BCUT2D eigenvalue weighted by Crippen LogP contribution is 2.22. The molecule has 0 aliphatic rings. The molecule has 2 atom stereocenters. The summed E-state index contributed by atoms with van der Waals surface area (Å²) in [5.41, 5.74) is 0. The first-order chi connectivity index (χ1) is 15.0. The molecular formula is C26H54O4S. The summed E-state index contributed by atoms with van der Waals surface area (Å²) >= 11 is 0. The molecule has 0 amide bonds. The van der Waals surface area contributed by atoms with Gasteiger partial charge in [0, 0.05) is 0 Å². The highest BCUT2D eigenvalue weighted by Gasteiger charge is 2.19. The monoisotopic (exact) mass is 462 g/mol. The minimum absolute atomic E-state index is 0.273. The minimum Gasteiger partial charge on any atom is -0.248 e. The van der Waals surface area contributed by atoms with Gasteiger partial charge < -0.3 is 0 Å². The van der Waals surface area contributed by atoms with E-state index in [0.717, 1.165) is 51.4 Å². The maximum atomic E-state index is 12.4. The molecule has 0 aromatic carbocycles. The van der Waals surface area contributed by atoms with Crippen LogP contribution in [0.3, 0.4) is 0 Å². The van der Waals surface area contributed by atoms with Crippen molar-refractivity contribution in [3.05, 3.63) is 0 Å². The standard InChI is InChI=1S/C26H54O4S/c1-5-9-13-17-21-25(19-15-11-7-3)23-29-31(27,28)30-24-26(20-16-12-8-4)22-18-14-10-6-2/h25-26H,5-24H2,1-4H3. The zero-order valence-electron chi connectivity index (χ0n) is 21.3. The molecule has 0 radical (unpaired) electrons. The van der Waals surface area contributed by atoms with Gasteiger partial charge in [-0.1, -0.05) is 118 Å². The number of hydrogen-bond donors (Lipinski definition) is 0. The molecule has 0 spiro atoms. The second-order valence-electron chi connectivity index (χ2n) is 9.40. The highest BCUT2D eigenvalue weighted by molar-refractivity contribution is 7.81. The molecule has 0 rings (SSSR count). The fourth-order valence-electron chi connectivity index (χ4n) is 4.10. The molecule has 0 heterocycles. The van der Waals surface area contributed by atoms with Crippen LogP contribution < -0.4 is 0 Å². The van der Waals surface area contributed by atoms with E-state index in [4.69, 9.17) is 8.37 Å². The van der Waals surface area contributed by atoms with Crippen molar-refractivity contribution in [2.75, 3.05) is 13.2 Å². The first kappa shape index (κ1) is 30.9.